The Kier molecular flexibility index (Phi) is 3.04. The lowest BCUT2D eigenvalue weighted by Crippen LogP contribution is -2.32. The standard InChI is InChI=1S/C16H14N4OS/c1-11-6-7-17-10-13(11)19-8-9-20(16(19)21)15-18-12-4-2-3-5-14(12)22-15/h2-7,10H,8-9H2,1H3. The molecule has 3 heterocycles. The molecule has 0 N–H and O–H groups in total. The number of pyridine rings is 1. The molecule has 6 heteroatoms. The van der Waals surface area contributed by atoms with Crippen LogP contribution in [0.5, 0.6) is 0 Å². The Morgan fingerprint density at radius 1 is 1.14 bits per heavy atom. The third kappa shape index (κ3) is 2.03. The largest absolute Gasteiger partial charge is 0.330 e. The number of aromatic nitrogens is 2. The Hall–Kier alpha value is -2.47. The van der Waals surface area contributed by atoms with Crippen molar-refractivity contribution in [1.29, 1.82) is 0 Å². The average Bonchev–Trinajstić information content (AvgIpc) is 3.11. The van der Waals surface area contributed by atoms with Gasteiger partial charge in [-0.05, 0) is 30.7 Å². The summed E-state index contributed by atoms with van der Waals surface area (Å²) in [5.41, 5.74) is 2.86. The van der Waals surface area contributed by atoms with Crippen LogP contribution in [0.15, 0.2) is 42.7 Å². The first kappa shape index (κ1) is 13.2. The monoisotopic (exact) mass is 310 g/mol. The summed E-state index contributed by atoms with van der Waals surface area (Å²) in [6, 6.07) is 9.84. The minimum Gasteiger partial charge on any atom is -0.290 e. The van der Waals surface area contributed by atoms with Crippen molar-refractivity contribution in [3.05, 3.63) is 48.3 Å². The zero-order valence-electron chi connectivity index (χ0n) is 12.1. The van der Waals surface area contributed by atoms with E-state index < -0.39 is 0 Å². The van der Waals surface area contributed by atoms with Crippen LogP contribution in [0.1, 0.15) is 5.56 Å². The van der Waals surface area contributed by atoms with Crippen molar-refractivity contribution in [2.45, 2.75) is 6.92 Å². The molecule has 0 atom stereocenters. The maximum Gasteiger partial charge on any atom is 0.330 e. The molecule has 0 unspecified atom stereocenters. The molecular formula is C16H14N4OS. The molecule has 1 saturated heterocycles. The minimum atomic E-state index is -0.0323. The van der Waals surface area contributed by atoms with Gasteiger partial charge in [0.15, 0.2) is 5.13 Å². The van der Waals surface area contributed by atoms with E-state index in [1.165, 1.54) is 0 Å². The Morgan fingerprint density at radius 3 is 2.77 bits per heavy atom. The highest BCUT2D eigenvalue weighted by molar-refractivity contribution is 7.22. The van der Waals surface area contributed by atoms with E-state index in [9.17, 15) is 4.79 Å². The van der Waals surface area contributed by atoms with Crippen LogP contribution in [0, 0.1) is 6.92 Å². The molecule has 22 heavy (non-hydrogen) atoms. The first-order valence-electron chi connectivity index (χ1n) is 7.09. The van der Waals surface area contributed by atoms with Gasteiger partial charge in [-0.3, -0.25) is 14.8 Å². The molecule has 0 radical (unpaired) electrons. The fourth-order valence-corrected chi connectivity index (χ4v) is 3.64. The average molecular weight is 310 g/mol. The van der Waals surface area contributed by atoms with E-state index in [-0.39, 0.29) is 6.03 Å². The maximum absolute atomic E-state index is 12.7. The normalized spacial score (nSPS) is 15.0. The van der Waals surface area contributed by atoms with E-state index in [4.69, 9.17) is 0 Å². The third-order valence-electron chi connectivity index (χ3n) is 3.82. The van der Waals surface area contributed by atoms with E-state index in [1.807, 2.05) is 37.3 Å². The van der Waals surface area contributed by atoms with Gasteiger partial charge in [0.05, 0.1) is 22.1 Å². The highest BCUT2D eigenvalue weighted by Gasteiger charge is 2.33. The van der Waals surface area contributed by atoms with Crippen LogP contribution < -0.4 is 9.80 Å². The summed E-state index contributed by atoms with van der Waals surface area (Å²) in [6.07, 6.45) is 3.49. The summed E-state index contributed by atoms with van der Waals surface area (Å²) >= 11 is 1.55. The van der Waals surface area contributed by atoms with Gasteiger partial charge >= 0.3 is 6.03 Å². The topological polar surface area (TPSA) is 49.3 Å². The zero-order chi connectivity index (χ0) is 15.1. The summed E-state index contributed by atoms with van der Waals surface area (Å²) < 4.78 is 1.10. The molecule has 3 aromatic rings. The van der Waals surface area contributed by atoms with E-state index in [2.05, 4.69) is 9.97 Å². The highest BCUT2D eigenvalue weighted by Crippen LogP contribution is 2.32. The maximum atomic E-state index is 12.7. The number of aryl methyl sites for hydroxylation is 1. The molecule has 2 amide bonds. The first-order valence-corrected chi connectivity index (χ1v) is 7.91. The molecule has 4 rings (SSSR count). The van der Waals surface area contributed by atoms with E-state index in [0.717, 1.165) is 26.6 Å². The summed E-state index contributed by atoms with van der Waals surface area (Å²) in [7, 11) is 0. The molecule has 1 aliphatic rings. The molecule has 1 fully saturated rings. The molecule has 5 nitrogen and oxygen atoms in total. The van der Waals surface area contributed by atoms with Gasteiger partial charge in [-0.25, -0.2) is 9.78 Å². The SMILES string of the molecule is Cc1ccncc1N1CCN(c2nc3ccccc3s2)C1=O. The van der Waals surface area contributed by atoms with E-state index >= 15 is 0 Å². The summed E-state index contributed by atoms with van der Waals surface area (Å²) in [6.45, 7) is 3.29. The molecule has 0 spiro atoms. The molecule has 0 saturated carbocycles. The Morgan fingerprint density at radius 2 is 1.95 bits per heavy atom. The Labute approximate surface area is 131 Å². The van der Waals surface area contributed by atoms with Crippen LogP contribution >= 0.6 is 11.3 Å². The van der Waals surface area contributed by atoms with Crippen LogP contribution in [0.3, 0.4) is 0 Å². The number of nitrogens with zero attached hydrogens (tertiary/aromatic N) is 4. The molecule has 0 aliphatic carbocycles. The van der Waals surface area contributed by atoms with Gasteiger partial charge in [0.2, 0.25) is 0 Å². The summed E-state index contributed by atoms with van der Waals surface area (Å²) in [4.78, 5) is 25.0. The van der Waals surface area contributed by atoms with Gasteiger partial charge in [-0.1, -0.05) is 23.5 Å². The van der Waals surface area contributed by atoms with Crippen molar-refractivity contribution < 1.29 is 4.79 Å². The van der Waals surface area contributed by atoms with Crippen molar-refractivity contribution >= 4 is 38.4 Å². The van der Waals surface area contributed by atoms with Crippen LogP contribution in [0.25, 0.3) is 10.2 Å². The van der Waals surface area contributed by atoms with Crippen LogP contribution in [0.4, 0.5) is 15.6 Å². The van der Waals surface area contributed by atoms with Crippen molar-refractivity contribution in [2.75, 3.05) is 22.9 Å². The molecule has 0 bridgehead atoms. The van der Waals surface area contributed by atoms with Gasteiger partial charge in [0, 0.05) is 19.3 Å². The van der Waals surface area contributed by atoms with Crippen LogP contribution in [0.2, 0.25) is 0 Å². The van der Waals surface area contributed by atoms with Crippen molar-refractivity contribution in [2.24, 2.45) is 0 Å². The van der Waals surface area contributed by atoms with Gasteiger partial charge in [-0.15, -0.1) is 0 Å². The van der Waals surface area contributed by atoms with Crippen molar-refractivity contribution in [3.8, 4) is 0 Å². The number of hydrogen-bond acceptors (Lipinski definition) is 4. The minimum absolute atomic E-state index is 0.0323. The lowest BCUT2D eigenvalue weighted by molar-refractivity contribution is 0.256. The van der Waals surface area contributed by atoms with Gasteiger partial charge in [-0.2, -0.15) is 0 Å². The lowest BCUT2D eigenvalue weighted by atomic mass is 10.2. The second-order valence-corrected chi connectivity index (χ2v) is 6.22. The fraction of sp³-hybridized carbons (Fsp3) is 0.188. The Bertz CT molecular complexity index is 827. The number of carbonyl (C=O) groups is 1. The third-order valence-corrected chi connectivity index (χ3v) is 4.88. The number of amides is 2. The van der Waals surface area contributed by atoms with E-state index in [0.29, 0.717) is 13.1 Å². The molecule has 1 aromatic carbocycles. The summed E-state index contributed by atoms with van der Waals surface area (Å²) in [5.74, 6) is 0. The number of fused-ring (bicyclic) bond motifs is 1. The van der Waals surface area contributed by atoms with Crippen molar-refractivity contribution in [3.63, 3.8) is 0 Å². The number of carbonyl (C=O) groups excluding carboxylic acids is 1. The first-order chi connectivity index (χ1) is 10.7. The Balaban J connectivity index is 1.68. The predicted molar refractivity (Wildman–Crippen MR) is 88.7 cm³/mol. The smallest absolute Gasteiger partial charge is 0.290 e. The van der Waals surface area contributed by atoms with E-state index in [1.54, 1.807) is 33.5 Å². The zero-order valence-corrected chi connectivity index (χ0v) is 12.9. The van der Waals surface area contributed by atoms with Gasteiger partial charge in [0.1, 0.15) is 0 Å². The van der Waals surface area contributed by atoms with Crippen LogP contribution in [-0.2, 0) is 0 Å². The number of anilines is 2. The lowest BCUT2D eigenvalue weighted by Gasteiger charge is -2.18. The van der Waals surface area contributed by atoms with Crippen molar-refractivity contribution in [1.82, 2.24) is 9.97 Å². The molecule has 1 aliphatic heterocycles. The molecule has 110 valence electrons. The number of para-hydroxylation sites is 1. The van der Waals surface area contributed by atoms with Gasteiger partial charge in [0.25, 0.3) is 0 Å². The van der Waals surface area contributed by atoms with Crippen LogP contribution in [-0.4, -0.2) is 29.1 Å². The second-order valence-electron chi connectivity index (χ2n) is 5.21. The predicted octanol–water partition coefficient (Wildman–Crippen LogP) is 3.45. The summed E-state index contributed by atoms with van der Waals surface area (Å²) in [5, 5.41) is 0.759. The second kappa shape index (κ2) is 5.06. The number of urea groups is 1. The highest BCUT2D eigenvalue weighted by atomic mass is 32.1. The quantitative estimate of drug-likeness (QED) is 0.728. The van der Waals surface area contributed by atoms with Gasteiger partial charge < -0.3 is 0 Å². The number of benzene rings is 1. The number of hydrogen-bond donors (Lipinski definition) is 0. The molecule has 2 aromatic heterocycles. The number of rotatable bonds is 2. The fourth-order valence-electron chi connectivity index (χ4n) is 2.65. The molecular weight excluding hydrogens is 296 g/mol. The number of thiazole rings is 1.